The third-order valence-electron chi connectivity index (χ3n) is 4.29. The molecule has 1 heterocycles. The van der Waals surface area contributed by atoms with E-state index in [4.69, 9.17) is 17.3 Å². The SMILES string of the molecule is CC(C)(C)N1CC(CCl)c2c1cc(O)c1cccc(N)c21. The van der Waals surface area contributed by atoms with E-state index in [9.17, 15) is 5.11 Å². The maximum atomic E-state index is 10.4. The highest BCUT2D eigenvalue weighted by molar-refractivity contribution is 6.19. The fourth-order valence-corrected chi connectivity index (χ4v) is 3.56. The molecule has 3 nitrogen and oxygen atoms in total. The van der Waals surface area contributed by atoms with E-state index in [2.05, 4.69) is 25.7 Å². The number of phenolic OH excluding ortho intramolecular Hbond substituents is 1. The quantitative estimate of drug-likeness (QED) is 0.617. The minimum Gasteiger partial charge on any atom is -0.507 e. The third kappa shape index (κ3) is 2.11. The van der Waals surface area contributed by atoms with Gasteiger partial charge in [-0.25, -0.2) is 0 Å². The Morgan fingerprint density at radius 2 is 2.10 bits per heavy atom. The molecule has 2 aromatic carbocycles. The van der Waals surface area contributed by atoms with E-state index in [1.165, 1.54) is 5.56 Å². The third-order valence-corrected chi connectivity index (χ3v) is 4.66. The van der Waals surface area contributed by atoms with Crippen molar-refractivity contribution in [1.82, 2.24) is 0 Å². The van der Waals surface area contributed by atoms with Gasteiger partial charge in [-0.3, -0.25) is 0 Å². The van der Waals surface area contributed by atoms with E-state index < -0.39 is 0 Å². The number of aromatic hydroxyl groups is 1. The van der Waals surface area contributed by atoms with E-state index in [-0.39, 0.29) is 17.2 Å². The second-order valence-corrected chi connectivity index (χ2v) is 7.04. The Hall–Kier alpha value is -1.61. The van der Waals surface area contributed by atoms with Crippen LogP contribution in [-0.2, 0) is 0 Å². The van der Waals surface area contributed by atoms with Gasteiger partial charge in [-0.15, -0.1) is 11.6 Å². The lowest BCUT2D eigenvalue weighted by Crippen LogP contribution is -2.40. The molecule has 0 fully saturated rings. The van der Waals surface area contributed by atoms with Gasteiger partial charge in [0, 0.05) is 52.1 Å². The molecule has 1 atom stereocenters. The van der Waals surface area contributed by atoms with Crippen LogP contribution in [0.4, 0.5) is 11.4 Å². The zero-order valence-electron chi connectivity index (χ0n) is 12.7. The first-order valence-corrected chi connectivity index (χ1v) is 7.75. The Kier molecular flexibility index (Phi) is 3.21. The van der Waals surface area contributed by atoms with Gasteiger partial charge in [0.1, 0.15) is 5.75 Å². The van der Waals surface area contributed by atoms with Crippen LogP contribution in [0.15, 0.2) is 24.3 Å². The summed E-state index contributed by atoms with van der Waals surface area (Å²) < 4.78 is 0. The predicted octanol–water partition coefficient (Wildman–Crippen LogP) is 4.07. The first kappa shape index (κ1) is 14.3. The van der Waals surface area contributed by atoms with Crippen LogP contribution in [0.25, 0.3) is 10.8 Å². The summed E-state index contributed by atoms with van der Waals surface area (Å²) in [5.41, 5.74) is 9.09. The standard InChI is InChI=1S/C17H21ClN2O/c1-17(2,3)20-9-10(8-18)15-13(20)7-14(21)11-5-4-6-12(19)16(11)15/h4-7,10,21H,8-9,19H2,1-3H3. The highest BCUT2D eigenvalue weighted by atomic mass is 35.5. The molecule has 0 amide bonds. The van der Waals surface area contributed by atoms with Crippen molar-refractivity contribution >= 4 is 33.7 Å². The summed E-state index contributed by atoms with van der Waals surface area (Å²) in [6, 6.07) is 7.52. The average molecular weight is 305 g/mol. The van der Waals surface area contributed by atoms with Crippen LogP contribution < -0.4 is 10.6 Å². The van der Waals surface area contributed by atoms with Crippen molar-refractivity contribution in [1.29, 1.82) is 0 Å². The number of hydrogen-bond donors (Lipinski definition) is 2. The molecule has 2 aromatic rings. The summed E-state index contributed by atoms with van der Waals surface area (Å²) in [5, 5.41) is 12.1. The van der Waals surface area contributed by atoms with Gasteiger partial charge in [-0.2, -0.15) is 0 Å². The highest BCUT2D eigenvalue weighted by Gasteiger charge is 2.36. The summed E-state index contributed by atoms with van der Waals surface area (Å²) >= 11 is 6.21. The molecule has 0 aliphatic carbocycles. The Morgan fingerprint density at radius 3 is 2.71 bits per heavy atom. The summed E-state index contributed by atoms with van der Waals surface area (Å²) in [4.78, 5) is 2.31. The number of alkyl halides is 1. The molecule has 3 N–H and O–H groups in total. The zero-order valence-corrected chi connectivity index (χ0v) is 13.4. The van der Waals surface area contributed by atoms with E-state index in [0.29, 0.717) is 11.6 Å². The number of rotatable bonds is 1. The molecule has 1 unspecified atom stereocenters. The molecule has 4 heteroatoms. The van der Waals surface area contributed by atoms with Crippen LogP contribution in [0.2, 0.25) is 0 Å². The predicted molar refractivity (Wildman–Crippen MR) is 90.6 cm³/mol. The Morgan fingerprint density at radius 1 is 1.38 bits per heavy atom. The van der Waals surface area contributed by atoms with Crippen LogP contribution in [-0.4, -0.2) is 23.1 Å². The van der Waals surface area contributed by atoms with Crippen molar-refractivity contribution < 1.29 is 5.11 Å². The number of nitrogens with zero attached hydrogens (tertiary/aromatic N) is 1. The van der Waals surface area contributed by atoms with Gasteiger partial charge < -0.3 is 15.7 Å². The monoisotopic (exact) mass is 304 g/mol. The number of nitrogen functional groups attached to an aromatic ring is 1. The molecule has 3 rings (SSSR count). The molecule has 1 aliphatic heterocycles. The summed E-state index contributed by atoms with van der Waals surface area (Å²) in [6.45, 7) is 7.37. The lowest BCUT2D eigenvalue weighted by molar-refractivity contribution is 0.479. The van der Waals surface area contributed by atoms with Gasteiger partial charge in [-0.1, -0.05) is 12.1 Å². The molecule has 21 heavy (non-hydrogen) atoms. The molecular formula is C17H21ClN2O. The number of anilines is 2. The first-order chi connectivity index (χ1) is 9.84. The van der Waals surface area contributed by atoms with Gasteiger partial charge in [0.25, 0.3) is 0 Å². The zero-order chi connectivity index (χ0) is 15.4. The number of hydrogen-bond acceptors (Lipinski definition) is 3. The van der Waals surface area contributed by atoms with E-state index in [1.54, 1.807) is 0 Å². The van der Waals surface area contributed by atoms with Gasteiger partial charge in [0.15, 0.2) is 0 Å². The molecule has 112 valence electrons. The molecule has 1 aliphatic rings. The topological polar surface area (TPSA) is 49.5 Å². The number of halogens is 1. The number of benzene rings is 2. The molecule has 0 aromatic heterocycles. The summed E-state index contributed by atoms with van der Waals surface area (Å²) in [7, 11) is 0. The molecule has 0 bridgehead atoms. The Labute approximate surface area is 130 Å². The Bertz CT molecular complexity index is 706. The number of fused-ring (bicyclic) bond motifs is 3. The van der Waals surface area contributed by atoms with Crippen molar-refractivity contribution in [2.45, 2.75) is 32.2 Å². The van der Waals surface area contributed by atoms with Crippen molar-refractivity contribution in [2.75, 3.05) is 23.1 Å². The lowest BCUT2D eigenvalue weighted by atomic mass is 9.94. The summed E-state index contributed by atoms with van der Waals surface area (Å²) in [6.07, 6.45) is 0. The van der Waals surface area contributed by atoms with Crippen molar-refractivity contribution in [3.8, 4) is 5.75 Å². The fraction of sp³-hybridized carbons (Fsp3) is 0.412. The first-order valence-electron chi connectivity index (χ1n) is 7.22. The normalized spacial score (nSPS) is 18.3. The maximum Gasteiger partial charge on any atom is 0.125 e. The van der Waals surface area contributed by atoms with E-state index in [1.807, 2.05) is 24.3 Å². The lowest BCUT2D eigenvalue weighted by Gasteiger charge is -2.35. The smallest absolute Gasteiger partial charge is 0.125 e. The van der Waals surface area contributed by atoms with Gasteiger partial charge in [-0.05, 0) is 32.4 Å². The largest absolute Gasteiger partial charge is 0.507 e. The number of nitrogens with two attached hydrogens (primary N) is 1. The molecule has 0 saturated heterocycles. The fourth-order valence-electron chi connectivity index (χ4n) is 3.31. The van der Waals surface area contributed by atoms with Crippen LogP contribution in [0.1, 0.15) is 32.3 Å². The van der Waals surface area contributed by atoms with Crippen LogP contribution in [0.5, 0.6) is 5.75 Å². The molecular weight excluding hydrogens is 284 g/mol. The maximum absolute atomic E-state index is 10.4. The molecule has 0 spiro atoms. The van der Waals surface area contributed by atoms with Crippen LogP contribution in [0, 0.1) is 0 Å². The van der Waals surface area contributed by atoms with Gasteiger partial charge in [0.2, 0.25) is 0 Å². The molecule has 0 saturated carbocycles. The minimum atomic E-state index is -0.0286. The van der Waals surface area contributed by atoms with Crippen molar-refractivity contribution in [2.24, 2.45) is 0 Å². The molecule has 0 radical (unpaired) electrons. The van der Waals surface area contributed by atoms with Crippen molar-refractivity contribution in [3.63, 3.8) is 0 Å². The Balaban J connectivity index is 2.37. The van der Waals surface area contributed by atoms with Crippen LogP contribution in [0.3, 0.4) is 0 Å². The average Bonchev–Trinajstić information content (AvgIpc) is 2.77. The minimum absolute atomic E-state index is 0.0286. The van der Waals surface area contributed by atoms with E-state index >= 15 is 0 Å². The van der Waals surface area contributed by atoms with Crippen LogP contribution >= 0.6 is 11.6 Å². The van der Waals surface area contributed by atoms with Gasteiger partial charge >= 0.3 is 0 Å². The van der Waals surface area contributed by atoms with Gasteiger partial charge in [0.05, 0.1) is 0 Å². The highest BCUT2D eigenvalue weighted by Crippen LogP contribution is 2.48. The second kappa shape index (κ2) is 4.70. The number of phenols is 1. The van der Waals surface area contributed by atoms with E-state index in [0.717, 1.165) is 23.0 Å². The van der Waals surface area contributed by atoms with Crippen molar-refractivity contribution in [3.05, 3.63) is 29.8 Å². The summed E-state index contributed by atoms with van der Waals surface area (Å²) in [5.74, 6) is 1.06. The second-order valence-electron chi connectivity index (χ2n) is 6.73.